The molecule has 0 fully saturated rings. The van der Waals surface area contributed by atoms with Gasteiger partial charge < -0.3 is 4.98 Å². The minimum Gasteiger partial charge on any atom is -0.361 e. The molecule has 5 heteroatoms. The predicted octanol–water partition coefficient (Wildman–Crippen LogP) is 2.61. The van der Waals surface area contributed by atoms with Gasteiger partial charge in [0.15, 0.2) is 0 Å². The molecule has 1 heterocycles. The molecule has 0 unspecified atom stereocenters. The Bertz CT molecular complexity index is 561. The number of aromatic nitrogens is 1. The maximum Gasteiger partial charge on any atom is 0.261 e. The molecule has 0 saturated carbocycles. The summed E-state index contributed by atoms with van der Waals surface area (Å²) in [4.78, 5) is 3.06. The molecule has 1 N–H and O–H groups in total. The van der Waals surface area contributed by atoms with Gasteiger partial charge in [0.25, 0.3) is 9.05 Å². The van der Waals surface area contributed by atoms with E-state index in [1.807, 2.05) is 0 Å². The minimum atomic E-state index is -3.71. The standard InChI is InChI=1S/C10H8ClNO2S/c11-15(13,14)10-6-2-1-4-8(10)9-5-3-7-12-9/h1-7,12H. The SMILES string of the molecule is O=S(=O)(Cl)c1ccccc1-c1ccc[nH]1. The summed E-state index contributed by atoms with van der Waals surface area (Å²) in [5.74, 6) is 0. The van der Waals surface area contributed by atoms with Gasteiger partial charge in [0, 0.05) is 28.1 Å². The van der Waals surface area contributed by atoms with Crippen molar-refractivity contribution in [3.63, 3.8) is 0 Å². The molecule has 15 heavy (non-hydrogen) atoms. The first-order valence-corrected chi connectivity index (χ1v) is 6.57. The average Bonchev–Trinajstić information content (AvgIpc) is 2.69. The molecular formula is C10H8ClNO2S. The summed E-state index contributed by atoms with van der Waals surface area (Å²) in [6.07, 6.45) is 1.73. The van der Waals surface area contributed by atoms with E-state index in [-0.39, 0.29) is 4.90 Å². The zero-order valence-corrected chi connectivity index (χ0v) is 9.22. The van der Waals surface area contributed by atoms with Crippen molar-refractivity contribution in [3.8, 4) is 11.3 Å². The van der Waals surface area contributed by atoms with Crippen LogP contribution < -0.4 is 0 Å². The van der Waals surface area contributed by atoms with Crippen LogP contribution in [0.5, 0.6) is 0 Å². The van der Waals surface area contributed by atoms with Crippen LogP contribution in [0.25, 0.3) is 11.3 Å². The smallest absolute Gasteiger partial charge is 0.261 e. The lowest BCUT2D eigenvalue weighted by molar-refractivity contribution is 0.610. The second-order valence-electron chi connectivity index (χ2n) is 3.02. The topological polar surface area (TPSA) is 49.9 Å². The molecule has 2 aromatic rings. The van der Waals surface area contributed by atoms with Gasteiger partial charge in [-0.1, -0.05) is 18.2 Å². The largest absolute Gasteiger partial charge is 0.361 e. The monoisotopic (exact) mass is 241 g/mol. The zero-order chi connectivity index (χ0) is 10.9. The first kappa shape index (κ1) is 10.3. The summed E-state index contributed by atoms with van der Waals surface area (Å²) in [6, 6.07) is 10.2. The second kappa shape index (κ2) is 3.72. The van der Waals surface area contributed by atoms with Gasteiger partial charge in [-0.3, -0.25) is 0 Å². The van der Waals surface area contributed by atoms with Crippen LogP contribution in [0, 0.1) is 0 Å². The summed E-state index contributed by atoms with van der Waals surface area (Å²) in [5.41, 5.74) is 1.31. The Morgan fingerprint density at radius 3 is 2.40 bits per heavy atom. The van der Waals surface area contributed by atoms with Crippen LogP contribution in [0.3, 0.4) is 0 Å². The highest BCUT2D eigenvalue weighted by molar-refractivity contribution is 8.13. The van der Waals surface area contributed by atoms with Crippen molar-refractivity contribution in [2.75, 3.05) is 0 Å². The van der Waals surface area contributed by atoms with Gasteiger partial charge >= 0.3 is 0 Å². The molecule has 78 valence electrons. The molecule has 0 aliphatic heterocycles. The lowest BCUT2D eigenvalue weighted by Crippen LogP contribution is -1.94. The fourth-order valence-corrected chi connectivity index (χ4v) is 2.49. The fourth-order valence-electron chi connectivity index (χ4n) is 1.40. The molecular weight excluding hydrogens is 234 g/mol. The quantitative estimate of drug-likeness (QED) is 0.822. The number of aromatic amines is 1. The fraction of sp³-hybridized carbons (Fsp3) is 0. The molecule has 1 aromatic heterocycles. The van der Waals surface area contributed by atoms with Crippen LogP contribution in [-0.2, 0) is 9.05 Å². The first-order valence-electron chi connectivity index (χ1n) is 4.26. The Morgan fingerprint density at radius 2 is 1.80 bits per heavy atom. The molecule has 0 bridgehead atoms. The summed E-state index contributed by atoms with van der Waals surface area (Å²) < 4.78 is 22.6. The number of rotatable bonds is 2. The minimum absolute atomic E-state index is 0.120. The van der Waals surface area contributed by atoms with Crippen LogP contribution in [0.15, 0.2) is 47.5 Å². The van der Waals surface area contributed by atoms with Crippen molar-refractivity contribution in [2.45, 2.75) is 4.90 Å². The van der Waals surface area contributed by atoms with Crippen LogP contribution >= 0.6 is 10.7 Å². The van der Waals surface area contributed by atoms with Crippen molar-refractivity contribution in [2.24, 2.45) is 0 Å². The Hall–Kier alpha value is -1.26. The number of nitrogens with one attached hydrogen (secondary N) is 1. The van der Waals surface area contributed by atoms with Crippen molar-refractivity contribution in [1.82, 2.24) is 4.98 Å². The molecule has 0 atom stereocenters. The van der Waals surface area contributed by atoms with E-state index in [2.05, 4.69) is 4.98 Å². The Morgan fingerprint density at radius 1 is 1.07 bits per heavy atom. The van der Waals surface area contributed by atoms with Gasteiger partial charge in [0.1, 0.15) is 0 Å². The van der Waals surface area contributed by atoms with E-state index in [1.54, 1.807) is 36.5 Å². The van der Waals surface area contributed by atoms with Crippen molar-refractivity contribution < 1.29 is 8.42 Å². The highest BCUT2D eigenvalue weighted by Crippen LogP contribution is 2.27. The van der Waals surface area contributed by atoms with Crippen LogP contribution in [-0.4, -0.2) is 13.4 Å². The molecule has 0 saturated heterocycles. The van der Waals surface area contributed by atoms with E-state index in [1.165, 1.54) is 6.07 Å². The highest BCUT2D eigenvalue weighted by atomic mass is 35.7. The van der Waals surface area contributed by atoms with E-state index >= 15 is 0 Å². The van der Waals surface area contributed by atoms with Crippen LogP contribution in [0.2, 0.25) is 0 Å². The number of hydrogen-bond donors (Lipinski definition) is 1. The Balaban J connectivity index is 2.68. The van der Waals surface area contributed by atoms with Gasteiger partial charge in [0.05, 0.1) is 4.90 Å². The summed E-state index contributed by atoms with van der Waals surface area (Å²) in [7, 11) is 1.63. The van der Waals surface area contributed by atoms with Gasteiger partial charge in [-0.15, -0.1) is 0 Å². The van der Waals surface area contributed by atoms with Crippen LogP contribution in [0.4, 0.5) is 0 Å². The first-order chi connectivity index (χ1) is 7.09. The third kappa shape index (κ3) is 2.06. The summed E-state index contributed by atoms with van der Waals surface area (Å²) in [5, 5.41) is 0. The lowest BCUT2D eigenvalue weighted by atomic mass is 10.1. The summed E-state index contributed by atoms with van der Waals surface area (Å²) in [6.45, 7) is 0. The molecule has 0 amide bonds. The highest BCUT2D eigenvalue weighted by Gasteiger charge is 2.15. The summed E-state index contributed by atoms with van der Waals surface area (Å²) >= 11 is 0. The van der Waals surface area contributed by atoms with E-state index < -0.39 is 9.05 Å². The van der Waals surface area contributed by atoms with E-state index in [4.69, 9.17) is 10.7 Å². The maximum atomic E-state index is 11.3. The van der Waals surface area contributed by atoms with Crippen molar-refractivity contribution >= 4 is 19.7 Å². The van der Waals surface area contributed by atoms with E-state index in [0.29, 0.717) is 5.56 Å². The lowest BCUT2D eigenvalue weighted by Gasteiger charge is -2.03. The molecule has 0 radical (unpaired) electrons. The number of hydrogen-bond acceptors (Lipinski definition) is 2. The molecule has 0 aliphatic carbocycles. The second-order valence-corrected chi connectivity index (χ2v) is 5.55. The Labute approximate surface area is 92.1 Å². The third-order valence-electron chi connectivity index (χ3n) is 2.04. The number of H-pyrrole nitrogens is 1. The van der Waals surface area contributed by atoms with Gasteiger partial charge in [-0.25, -0.2) is 8.42 Å². The molecule has 2 rings (SSSR count). The molecule has 1 aromatic carbocycles. The van der Waals surface area contributed by atoms with E-state index in [9.17, 15) is 8.42 Å². The number of halogens is 1. The van der Waals surface area contributed by atoms with Crippen molar-refractivity contribution in [3.05, 3.63) is 42.6 Å². The van der Waals surface area contributed by atoms with Gasteiger partial charge in [0.2, 0.25) is 0 Å². The van der Waals surface area contributed by atoms with E-state index in [0.717, 1.165) is 5.69 Å². The zero-order valence-electron chi connectivity index (χ0n) is 7.64. The average molecular weight is 242 g/mol. The maximum absolute atomic E-state index is 11.3. The third-order valence-corrected chi connectivity index (χ3v) is 3.42. The Kier molecular flexibility index (Phi) is 2.54. The molecule has 0 aliphatic rings. The molecule has 3 nitrogen and oxygen atoms in total. The normalized spacial score (nSPS) is 11.5. The predicted molar refractivity (Wildman–Crippen MR) is 59.3 cm³/mol. The van der Waals surface area contributed by atoms with Gasteiger partial charge in [-0.05, 0) is 18.2 Å². The molecule has 0 spiro atoms. The number of benzene rings is 1. The van der Waals surface area contributed by atoms with Crippen LogP contribution in [0.1, 0.15) is 0 Å². The van der Waals surface area contributed by atoms with Gasteiger partial charge in [-0.2, -0.15) is 0 Å². The van der Waals surface area contributed by atoms with Crippen molar-refractivity contribution in [1.29, 1.82) is 0 Å².